The second kappa shape index (κ2) is 12.3. The molecule has 0 N–H and O–H groups in total. The van der Waals surface area contributed by atoms with Gasteiger partial charge in [0.15, 0.2) is 0 Å². The first kappa shape index (κ1) is 39.3. The van der Waals surface area contributed by atoms with Crippen molar-refractivity contribution >= 4 is 46.3 Å². The van der Waals surface area contributed by atoms with Crippen LogP contribution >= 0.6 is 46.3 Å². The molecule has 5 aliphatic rings. The van der Waals surface area contributed by atoms with Gasteiger partial charge in [0, 0.05) is 18.6 Å². The second-order valence-corrected chi connectivity index (χ2v) is 43.2. The minimum atomic E-state index is 0.0621. The number of hydrogen-bond acceptors (Lipinski definition) is 0. The molecule has 6 heteroatoms. The minimum Gasteiger partial charge on any atom is -0.0859 e. The van der Waals surface area contributed by atoms with Crippen molar-refractivity contribution < 1.29 is 0 Å². The Kier molecular flexibility index (Phi) is 10.5. The summed E-state index contributed by atoms with van der Waals surface area (Å²) in [7, 11) is 0.441. The highest BCUT2D eigenvalue weighted by Crippen LogP contribution is 3.49. The largest absolute Gasteiger partial charge is 0.0859 e. The van der Waals surface area contributed by atoms with Crippen LogP contribution in [0.4, 0.5) is 0 Å². The molecule has 264 valence electrons. The summed E-state index contributed by atoms with van der Waals surface area (Å²) in [5, 5.41) is 0. The van der Waals surface area contributed by atoms with E-state index in [2.05, 4.69) is 137 Å². The molecule has 0 bridgehead atoms. The van der Waals surface area contributed by atoms with Gasteiger partial charge >= 0.3 is 0 Å². The SMILES string of the molecule is CC(C)=CCC[C@H](C)CCP1P2C3(C(C)(C)C)P(CC[C@@H](C)CCC=C(C)C)P4C1(C(C)(C)C)P1C4(C(C)(C)C)P3C21C(C)(C)C. The van der Waals surface area contributed by atoms with Crippen LogP contribution in [0.15, 0.2) is 23.3 Å². The lowest BCUT2D eigenvalue weighted by atomic mass is 9.96. The molecule has 0 spiro atoms. The summed E-state index contributed by atoms with van der Waals surface area (Å²) < 4.78 is 3.03. The Balaban J connectivity index is 1.63. The predicted octanol–water partition coefficient (Wildman–Crippen LogP) is 17.1. The summed E-state index contributed by atoms with van der Waals surface area (Å²) in [6.45, 7) is 47.7. The maximum Gasteiger partial charge on any atom is 0.0465 e. The zero-order valence-electron chi connectivity index (χ0n) is 33.6. The number of fused-ring (bicyclic) bond motifs is 2. The Bertz CT molecular complexity index is 1120. The molecule has 5 fully saturated rings. The van der Waals surface area contributed by atoms with Crippen LogP contribution in [0.2, 0.25) is 0 Å². The summed E-state index contributed by atoms with van der Waals surface area (Å²) in [5.41, 5.74) is 4.89. The third kappa shape index (κ3) is 4.77. The summed E-state index contributed by atoms with van der Waals surface area (Å²) in [5.74, 6) is 1.74. The molecule has 0 nitrogen and oxygen atoms in total. The second-order valence-electron chi connectivity index (χ2n) is 20.6. The number of allylic oxidation sites excluding steroid dienone is 4. The summed E-state index contributed by atoms with van der Waals surface area (Å²) in [6.07, 6.45) is 16.6. The van der Waals surface area contributed by atoms with Gasteiger partial charge in [0.05, 0.1) is 0 Å². The van der Waals surface area contributed by atoms with E-state index >= 15 is 0 Å². The van der Waals surface area contributed by atoms with E-state index < -0.39 is 0 Å². The third-order valence-corrected chi connectivity index (χ3v) is 60.4. The molecule has 0 aromatic heterocycles. The number of rotatable bonds is 12. The average molecular weight is 741 g/mol. The first-order valence-corrected chi connectivity index (χ1v) is 28.7. The van der Waals surface area contributed by atoms with Gasteiger partial charge in [-0.2, -0.15) is 0 Å². The van der Waals surface area contributed by atoms with E-state index in [9.17, 15) is 0 Å². The van der Waals surface area contributed by atoms with Crippen LogP contribution in [0.3, 0.4) is 0 Å². The molecular formula is C40H74P6. The van der Waals surface area contributed by atoms with Crippen LogP contribution in [0.5, 0.6) is 0 Å². The lowest BCUT2D eigenvalue weighted by molar-refractivity contribution is 0.322. The molecule has 0 aliphatic carbocycles. The van der Waals surface area contributed by atoms with E-state index in [0.717, 1.165) is 30.4 Å². The molecule has 0 saturated carbocycles. The molecule has 5 aliphatic heterocycles. The van der Waals surface area contributed by atoms with Crippen LogP contribution in [-0.2, 0) is 0 Å². The van der Waals surface area contributed by atoms with Crippen LogP contribution in [0.25, 0.3) is 0 Å². The fourth-order valence-corrected chi connectivity index (χ4v) is 91.2. The summed E-state index contributed by atoms with van der Waals surface area (Å²) >= 11 is 0. The Labute approximate surface area is 295 Å². The quantitative estimate of drug-likeness (QED) is 0.138. The molecule has 8 atom stereocenters. The van der Waals surface area contributed by atoms with Gasteiger partial charge < -0.3 is 0 Å². The van der Waals surface area contributed by atoms with Gasteiger partial charge in [-0.15, -0.1) is 0 Å². The van der Waals surface area contributed by atoms with Crippen molar-refractivity contribution in [3.8, 4) is 0 Å². The lowest BCUT2D eigenvalue weighted by Gasteiger charge is -2.90. The van der Waals surface area contributed by atoms with Crippen molar-refractivity contribution in [1.29, 1.82) is 0 Å². The molecule has 0 radical (unpaired) electrons. The molecule has 5 rings (SSSR count). The van der Waals surface area contributed by atoms with Crippen LogP contribution < -0.4 is 0 Å². The minimum absolute atomic E-state index is 0.0621. The zero-order chi connectivity index (χ0) is 34.8. The van der Waals surface area contributed by atoms with Crippen molar-refractivity contribution in [1.82, 2.24) is 0 Å². The van der Waals surface area contributed by atoms with E-state index in [1.807, 2.05) is 0 Å². The highest BCUT2D eigenvalue weighted by molar-refractivity contribution is 8.71. The average Bonchev–Trinajstić information content (AvgIpc) is 3.04. The predicted molar refractivity (Wildman–Crippen MR) is 225 cm³/mol. The normalized spacial score (nSPS) is 41.7. The van der Waals surface area contributed by atoms with Crippen molar-refractivity contribution in [2.75, 3.05) is 12.3 Å². The maximum absolute atomic E-state index is 2.79. The van der Waals surface area contributed by atoms with E-state index in [1.54, 1.807) is 12.3 Å². The van der Waals surface area contributed by atoms with Crippen LogP contribution in [0.1, 0.15) is 163 Å². The fraction of sp³-hybridized carbons (Fsp3) is 0.900. The van der Waals surface area contributed by atoms with E-state index in [-0.39, 0.29) is 46.3 Å². The Morgan fingerprint density at radius 2 is 0.761 bits per heavy atom. The molecule has 6 unspecified atom stereocenters. The van der Waals surface area contributed by atoms with Crippen molar-refractivity contribution in [2.45, 2.75) is 182 Å². The topological polar surface area (TPSA) is 0 Å². The first-order valence-electron chi connectivity index (χ1n) is 18.9. The Morgan fingerprint density at radius 3 is 1.00 bits per heavy atom. The van der Waals surface area contributed by atoms with Gasteiger partial charge in [-0.1, -0.05) is 151 Å². The van der Waals surface area contributed by atoms with E-state index in [4.69, 9.17) is 0 Å². The van der Waals surface area contributed by atoms with E-state index in [0.29, 0.717) is 21.7 Å². The molecular weight excluding hydrogens is 666 g/mol. The third-order valence-electron chi connectivity index (χ3n) is 12.4. The zero-order valence-corrected chi connectivity index (χ0v) is 39.0. The van der Waals surface area contributed by atoms with Crippen molar-refractivity contribution in [2.24, 2.45) is 33.5 Å². The highest BCUT2D eigenvalue weighted by atomic mass is 32.1. The van der Waals surface area contributed by atoms with Gasteiger partial charge in [0.1, 0.15) is 0 Å². The molecule has 46 heavy (non-hydrogen) atoms. The smallest absolute Gasteiger partial charge is 0.0465 e. The Morgan fingerprint density at radius 1 is 0.478 bits per heavy atom. The van der Waals surface area contributed by atoms with Gasteiger partial charge in [-0.05, 0) is 127 Å². The van der Waals surface area contributed by atoms with E-state index in [1.165, 1.54) is 49.7 Å². The monoisotopic (exact) mass is 740 g/mol. The number of hydrogen-bond donors (Lipinski definition) is 0. The van der Waals surface area contributed by atoms with Crippen LogP contribution in [0, 0.1) is 33.5 Å². The molecule has 0 aromatic carbocycles. The fourth-order valence-electron chi connectivity index (χ4n) is 10.6. The van der Waals surface area contributed by atoms with Gasteiger partial charge in [0.2, 0.25) is 0 Å². The van der Waals surface area contributed by atoms with Crippen LogP contribution in [-0.4, -0.2) is 30.9 Å². The molecule has 5 heterocycles. The first-order chi connectivity index (χ1) is 20.9. The van der Waals surface area contributed by atoms with Gasteiger partial charge in [-0.25, -0.2) is 0 Å². The van der Waals surface area contributed by atoms with Crippen molar-refractivity contribution in [3.63, 3.8) is 0 Å². The molecule has 0 aromatic rings. The van der Waals surface area contributed by atoms with Gasteiger partial charge in [0.25, 0.3) is 0 Å². The summed E-state index contributed by atoms with van der Waals surface area (Å²) in [6, 6.07) is 0. The molecule has 0 amide bonds. The molecule has 5 saturated heterocycles. The summed E-state index contributed by atoms with van der Waals surface area (Å²) in [4.78, 5) is 0. The standard InChI is InChI=1S/C40H74P6/c1-29(2)21-19-23-31(5)25-27-41-37(33(7,8)9)43-39(35(13,14)15)44-38(45(39)41,34(10,11)12)42(46(37)40(43,44)36(16,17)18)28-26-32(6)24-20-22-30(3)4/h21-22,31-32H,19-20,23-28H2,1-18H3/t31-,32-,37?,38?,39?,40?,41?,42?,43?,44?,45?,46?/m0/s1. The van der Waals surface area contributed by atoms with Crippen molar-refractivity contribution in [3.05, 3.63) is 23.3 Å². The maximum atomic E-state index is 2.79. The van der Waals surface area contributed by atoms with Gasteiger partial charge in [-0.3, -0.25) is 0 Å². The lowest BCUT2D eigenvalue weighted by Crippen LogP contribution is -2.72. The Hall–Kier alpha value is 2.06. The highest BCUT2D eigenvalue weighted by Gasteiger charge is 3.12.